The van der Waals surface area contributed by atoms with E-state index in [9.17, 15) is 9.18 Å². The molecule has 24 heavy (non-hydrogen) atoms. The van der Waals surface area contributed by atoms with Gasteiger partial charge in [-0.15, -0.1) is 0 Å². The van der Waals surface area contributed by atoms with Gasteiger partial charge in [-0.25, -0.2) is 9.37 Å². The summed E-state index contributed by atoms with van der Waals surface area (Å²) in [7, 11) is 0. The topological polar surface area (TPSA) is 61.9 Å². The molecule has 2 aromatic rings. The number of amides is 1. The van der Waals surface area contributed by atoms with Crippen LogP contribution in [-0.2, 0) is 0 Å². The third-order valence-corrected chi connectivity index (χ3v) is 4.98. The van der Waals surface area contributed by atoms with Crippen LogP contribution in [0.3, 0.4) is 0 Å². The van der Waals surface area contributed by atoms with Crippen LogP contribution in [-0.4, -0.2) is 39.1 Å². The van der Waals surface area contributed by atoms with E-state index in [0.29, 0.717) is 24.6 Å². The number of H-pyrrole nitrogens is 1. The third kappa shape index (κ3) is 2.81. The second-order valence-corrected chi connectivity index (χ2v) is 6.88. The number of benzene rings is 1. The number of halogens is 1. The molecule has 1 saturated carbocycles. The van der Waals surface area contributed by atoms with Crippen molar-refractivity contribution in [2.75, 3.05) is 13.1 Å². The lowest BCUT2D eigenvalue weighted by molar-refractivity contribution is 0.0699. The predicted octanol–water partition coefficient (Wildman–Crippen LogP) is 3.15. The molecule has 6 heteroatoms. The Morgan fingerprint density at radius 1 is 1.29 bits per heavy atom. The van der Waals surface area contributed by atoms with Crippen LogP contribution in [0.1, 0.15) is 65.1 Å². The van der Waals surface area contributed by atoms with Crippen molar-refractivity contribution in [3.8, 4) is 0 Å². The zero-order valence-corrected chi connectivity index (χ0v) is 13.8. The molecule has 5 nitrogen and oxygen atoms in total. The van der Waals surface area contributed by atoms with Crippen molar-refractivity contribution >= 4 is 5.91 Å². The van der Waals surface area contributed by atoms with Gasteiger partial charge >= 0.3 is 0 Å². The number of aromatic amines is 1. The second-order valence-electron chi connectivity index (χ2n) is 6.88. The Bertz CT molecular complexity index is 768. The number of carbonyl (C=O) groups is 1. The van der Waals surface area contributed by atoms with E-state index >= 15 is 0 Å². The molecule has 126 valence electrons. The van der Waals surface area contributed by atoms with Crippen molar-refractivity contribution in [1.29, 1.82) is 0 Å². The fourth-order valence-corrected chi connectivity index (χ4v) is 3.37. The number of carbonyl (C=O) groups excluding carboxylic acids is 1. The molecule has 1 N–H and O–H groups in total. The molecule has 0 bridgehead atoms. The van der Waals surface area contributed by atoms with Gasteiger partial charge in [-0.1, -0.05) is 12.1 Å². The van der Waals surface area contributed by atoms with Gasteiger partial charge in [-0.3, -0.25) is 9.89 Å². The molecule has 1 amide bonds. The summed E-state index contributed by atoms with van der Waals surface area (Å²) in [4.78, 5) is 19.1. The Balaban J connectivity index is 1.51. The highest BCUT2D eigenvalue weighted by atomic mass is 19.1. The van der Waals surface area contributed by atoms with Gasteiger partial charge in [-0.05, 0) is 44.2 Å². The zero-order chi connectivity index (χ0) is 16.7. The van der Waals surface area contributed by atoms with Crippen molar-refractivity contribution in [2.24, 2.45) is 0 Å². The van der Waals surface area contributed by atoms with Gasteiger partial charge in [0.1, 0.15) is 11.6 Å². The number of nitrogens with one attached hydrogen (secondary N) is 1. The molecule has 1 atom stereocenters. The predicted molar refractivity (Wildman–Crippen MR) is 87.4 cm³/mol. The maximum absolute atomic E-state index is 14.2. The molecule has 2 fully saturated rings. The van der Waals surface area contributed by atoms with Gasteiger partial charge in [0.15, 0.2) is 5.82 Å². The number of nitrogens with zero attached hydrogens (tertiary/aromatic N) is 3. The molecule has 1 aromatic carbocycles. The van der Waals surface area contributed by atoms with Gasteiger partial charge in [0.2, 0.25) is 0 Å². The summed E-state index contributed by atoms with van der Waals surface area (Å²) < 4.78 is 14.2. The Hall–Kier alpha value is -2.24. The van der Waals surface area contributed by atoms with Crippen LogP contribution >= 0.6 is 0 Å². The highest BCUT2D eigenvalue weighted by molar-refractivity contribution is 5.94. The summed E-state index contributed by atoms with van der Waals surface area (Å²) in [6, 6.07) is 4.97. The Morgan fingerprint density at radius 3 is 2.92 bits per heavy atom. The molecule has 2 aliphatic rings. The molecule has 2 heterocycles. The molecular formula is C18H21FN4O. The van der Waals surface area contributed by atoms with E-state index in [-0.39, 0.29) is 17.4 Å². The average molecular weight is 328 g/mol. The van der Waals surface area contributed by atoms with Crippen LogP contribution in [0.15, 0.2) is 18.2 Å². The maximum atomic E-state index is 14.2. The van der Waals surface area contributed by atoms with Crippen LogP contribution in [0, 0.1) is 12.7 Å². The fourth-order valence-electron chi connectivity index (χ4n) is 3.37. The Morgan fingerprint density at radius 2 is 2.12 bits per heavy atom. The zero-order valence-electron chi connectivity index (χ0n) is 13.8. The van der Waals surface area contributed by atoms with Crippen molar-refractivity contribution in [3.63, 3.8) is 0 Å². The van der Waals surface area contributed by atoms with Crippen LogP contribution in [0.25, 0.3) is 0 Å². The smallest absolute Gasteiger partial charge is 0.256 e. The summed E-state index contributed by atoms with van der Waals surface area (Å²) in [6.07, 6.45) is 4.20. The molecule has 1 aromatic heterocycles. The number of aryl methyl sites for hydroxylation is 1. The van der Waals surface area contributed by atoms with Crippen LogP contribution in [0.2, 0.25) is 0 Å². The quantitative estimate of drug-likeness (QED) is 0.941. The first-order valence-electron chi connectivity index (χ1n) is 8.60. The molecular weight excluding hydrogens is 307 g/mol. The highest BCUT2D eigenvalue weighted by Gasteiger charge is 2.32. The lowest BCUT2D eigenvalue weighted by Gasteiger charge is -2.31. The average Bonchev–Trinajstić information content (AvgIpc) is 3.34. The van der Waals surface area contributed by atoms with E-state index in [1.165, 1.54) is 12.8 Å². The minimum absolute atomic E-state index is 0.124. The van der Waals surface area contributed by atoms with Gasteiger partial charge in [0.25, 0.3) is 5.91 Å². The standard InChI is InChI=1S/C18H21FN4O/c1-11-4-2-6-14(15(11)19)18(24)23-9-3-5-13(10-23)17-20-16(21-22-17)12-7-8-12/h2,4,6,12-13H,3,5,7-10H2,1H3,(H,20,21,22). The highest BCUT2D eigenvalue weighted by Crippen LogP contribution is 2.38. The monoisotopic (exact) mass is 328 g/mol. The summed E-state index contributed by atoms with van der Waals surface area (Å²) in [5.41, 5.74) is 0.654. The largest absolute Gasteiger partial charge is 0.338 e. The van der Waals surface area contributed by atoms with E-state index in [4.69, 9.17) is 0 Å². The molecule has 4 rings (SSSR count). The SMILES string of the molecule is Cc1cccc(C(=O)N2CCCC(c3n[nH]c(C4CC4)n3)C2)c1F. The Kier molecular flexibility index (Phi) is 3.82. The van der Waals surface area contributed by atoms with E-state index in [0.717, 1.165) is 24.5 Å². The minimum Gasteiger partial charge on any atom is -0.338 e. The molecule has 1 aliphatic heterocycles. The molecule has 0 radical (unpaired) electrons. The van der Waals surface area contributed by atoms with E-state index in [1.54, 1.807) is 30.0 Å². The first-order chi connectivity index (χ1) is 11.6. The summed E-state index contributed by atoms with van der Waals surface area (Å²) in [5.74, 6) is 1.77. The summed E-state index contributed by atoms with van der Waals surface area (Å²) >= 11 is 0. The number of rotatable bonds is 3. The van der Waals surface area contributed by atoms with Gasteiger partial charge in [-0.2, -0.15) is 5.10 Å². The number of piperidine rings is 1. The molecule has 1 saturated heterocycles. The van der Waals surface area contributed by atoms with Gasteiger partial charge in [0, 0.05) is 24.9 Å². The lowest BCUT2D eigenvalue weighted by atomic mass is 9.96. The normalized spacial score (nSPS) is 21.1. The summed E-state index contributed by atoms with van der Waals surface area (Å²) in [6.45, 7) is 2.88. The summed E-state index contributed by atoms with van der Waals surface area (Å²) in [5, 5.41) is 7.38. The fraction of sp³-hybridized carbons (Fsp3) is 0.500. The van der Waals surface area contributed by atoms with Crippen molar-refractivity contribution in [3.05, 3.63) is 46.8 Å². The first kappa shape index (κ1) is 15.3. The molecule has 1 unspecified atom stereocenters. The van der Waals surface area contributed by atoms with Gasteiger partial charge in [0.05, 0.1) is 5.56 Å². The minimum atomic E-state index is -0.418. The van der Waals surface area contributed by atoms with Crippen molar-refractivity contribution in [2.45, 2.75) is 44.4 Å². The van der Waals surface area contributed by atoms with Crippen molar-refractivity contribution < 1.29 is 9.18 Å². The Labute approximate surface area is 140 Å². The second kappa shape index (κ2) is 6.00. The maximum Gasteiger partial charge on any atom is 0.256 e. The van der Waals surface area contributed by atoms with Crippen molar-refractivity contribution in [1.82, 2.24) is 20.1 Å². The number of likely N-dealkylation sites (tertiary alicyclic amines) is 1. The number of hydrogen-bond acceptors (Lipinski definition) is 3. The van der Waals surface area contributed by atoms with Crippen LogP contribution in [0.4, 0.5) is 4.39 Å². The van der Waals surface area contributed by atoms with E-state index < -0.39 is 5.82 Å². The van der Waals surface area contributed by atoms with E-state index in [1.807, 2.05) is 0 Å². The van der Waals surface area contributed by atoms with Crippen LogP contribution < -0.4 is 0 Å². The van der Waals surface area contributed by atoms with E-state index in [2.05, 4.69) is 15.2 Å². The number of hydrogen-bond donors (Lipinski definition) is 1. The molecule has 1 aliphatic carbocycles. The lowest BCUT2D eigenvalue weighted by Crippen LogP contribution is -2.39. The van der Waals surface area contributed by atoms with Gasteiger partial charge < -0.3 is 4.90 Å². The third-order valence-electron chi connectivity index (χ3n) is 4.98. The molecule has 0 spiro atoms. The number of aromatic nitrogens is 3. The first-order valence-corrected chi connectivity index (χ1v) is 8.60. The van der Waals surface area contributed by atoms with Crippen LogP contribution in [0.5, 0.6) is 0 Å².